The summed E-state index contributed by atoms with van der Waals surface area (Å²) in [7, 11) is 1.40. The van der Waals surface area contributed by atoms with Gasteiger partial charge in [0.15, 0.2) is 0 Å². The molecule has 11 heavy (non-hydrogen) atoms. The molecule has 0 aromatic carbocycles. The van der Waals surface area contributed by atoms with Crippen molar-refractivity contribution in [2.45, 2.75) is 13.1 Å². The molecule has 0 aliphatic heterocycles. The van der Waals surface area contributed by atoms with Crippen LogP contribution in [0.4, 0.5) is 13.2 Å². The van der Waals surface area contributed by atoms with E-state index in [1.807, 2.05) is 0 Å². The van der Waals surface area contributed by atoms with Crippen LogP contribution in [0.2, 0.25) is 0 Å². The van der Waals surface area contributed by atoms with E-state index in [0.717, 1.165) is 6.08 Å². The number of nitrogens with zero attached hydrogens (tertiary/aromatic N) is 1. The molecular weight excluding hydrogens is 157 g/mol. The van der Waals surface area contributed by atoms with Crippen LogP contribution in [0.5, 0.6) is 0 Å². The summed E-state index contributed by atoms with van der Waals surface area (Å²) < 4.78 is 35.1. The van der Waals surface area contributed by atoms with Gasteiger partial charge in [-0.05, 0) is 13.0 Å². The van der Waals surface area contributed by atoms with Crippen molar-refractivity contribution >= 4 is 5.71 Å². The first-order chi connectivity index (χ1) is 4.88. The minimum absolute atomic E-state index is 0.250. The normalized spacial score (nSPS) is 15.4. The fourth-order valence-corrected chi connectivity index (χ4v) is 0.371. The van der Waals surface area contributed by atoms with Crippen LogP contribution in [0.3, 0.4) is 0 Å². The molecule has 0 rings (SSSR count). The number of allylic oxidation sites excluding steroid dienone is 2. The summed E-state index contributed by atoms with van der Waals surface area (Å²) in [6.07, 6.45) is -3.66. The summed E-state index contributed by atoms with van der Waals surface area (Å²) in [6, 6.07) is 0. The second kappa shape index (κ2) is 3.41. The first-order valence-corrected chi connectivity index (χ1v) is 2.85. The summed E-state index contributed by atoms with van der Waals surface area (Å²) in [4.78, 5) is 3.50. The topological polar surface area (TPSA) is 38.4 Å². The second-order valence-corrected chi connectivity index (χ2v) is 1.96. The van der Waals surface area contributed by atoms with Crippen molar-refractivity contribution in [2.75, 3.05) is 7.05 Å². The van der Waals surface area contributed by atoms with Crippen LogP contribution >= 0.6 is 0 Å². The third kappa shape index (κ3) is 3.64. The molecule has 0 unspecified atom stereocenters. The average Bonchev–Trinajstić information content (AvgIpc) is 1.85. The third-order valence-corrected chi connectivity index (χ3v) is 1.04. The third-order valence-electron chi connectivity index (χ3n) is 1.04. The Morgan fingerprint density at radius 1 is 1.45 bits per heavy atom. The first kappa shape index (κ1) is 10.0. The van der Waals surface area contributed by atoms with E-state index >= 15 is 0 Å². The van der Waals surface area contributed by atoms with Crippen LogP contribution in [0.25, 0.3) is 0 Å². The molecule has 0 aromatic heterocycles. The minimum atomic E-state index is -4.45. The maximum Gasteiger partial charge on any atom is 0.430 e. The summed E-state index contributed by atoms with van der Waals surface area (Å²) in [5, 5.41) is 0. The Hall–Kier alpha value is -1.00. The van der Waals surface area contributed by atoms with Gasteiger partial charge < -0.3 is 5.73 Å². The molecule has 0 fully saturated rings. The smallest absolute Gasteiger partial charge is 0.395 e. The van der Waals surface area contributed by atoms with E-state index in [1.165, 1.54) is 14.0 Å². The minimum Gasteiger partial charge on any atom is -0.395 e. The molecule has 0 spiro atoms. The van der Waals surface area contributed by atoms with E-state index in [4.69, 9.17) is 0 Å². The lowest BCUT2D eigenvalue weighted by Gasteiger charge is -2.04. The number of rotatable bonds is 1. The van der Waals surface area contributed by atoms with Gasteiger partial charge in [0.25, 0.3) is 0 Å². The molecule has 0 aromatic rings. The fourth-order valence-electron chi connectivity index (χ4n) is 0.371. The molecular formula is C6H9F3N2. The van der Waals surface area contributed by atoms with Crippen LogP contribution in [0.15, 0.2) is 16.8 Å². The van der Waals surface area contributed by atoms with Gasteiger partial charge in [0.05, 0.1) is 0 Å². The van der Waals surface area contributed by atoms with Crippen molar-refractivity contribution in [1.82, 2.24) is 0 Å². The van der Waals surface area contributed by atoms with Gasteiger partial charge in [-0.2, -0.15) is 13.2 Å². The zero-order valence-electron chi connectivity index (χ0n) is 6.24. The van der Waals surface area contributed by atoms with E-state index in [2.05, 4.69) is 10.7 Å². The molecule has 0 saturated heterocycles. The fraction of sp³-hybridized carbons (Fsp3) is 0.500. The molecule has 64 valence electrons. The van der Waals surface area contributed by atoms with Crippen molar-refractivity contribution in [3.8, 4) is 0 Å². The molecule has 0 bridgehead atoms. The summed E-state index contributed by atoms with van der Waals surface area (Å²) in [6.45, 7) is 1.44. The van der Waals surface area contributed by atoms with E-state index in [1.54, 1.807) is 0 Å². The van der Waals surface area contributed by atoms with Crippen molar-refractivity contribution in [3.05, 3.63) is 11.8 Å². The van der Waals surface area contributed by atoms with Crippen molar-refractivity contribution in [1.29, 1.82) is 0 Å². The predicted molar refractivity (Wildman–Crippen MR) is 37.4 cm³/mol. The Kier molecular flexibility index (Phi) is 3.10. The van der Waals surface area contributed by atoms with Crippen molar-refractivity contribution in [3.63, 3.8) is 0 Å². The second-order valence-electron chi connectivity index (χ2n) is 1.96. The van der Waals surface area contributed by atoms with Crippen LogP contribution in [-0.2, 0) is 0 Å². The largest absolute Gasteiger partial charge is 0.430 e. The highest BCUT2D eigenvalue weighted by atomic mass is 19.4. The predicted octanol–water partition coefficient (Wildman–Crippen LogP) is 1.48. The Morgan fingerprint density at radius 2 is 1.91 bits per heavy atom. The van der Waals surface area contributed by atoms with Gasteiger partial charge in [0, 0.05) is 12.8 Å². The van der Waals surface area contributed by atoms with Crippen LogP contribution < -0.4 is 5.73 Å². The van der Waals surface area contributed by atoms with Gasteiger partial charge in [0.2, 0.25) is 0 Å². The molecule has 0 radical (unpaired) electrons. The highest BCUT2D eigenvalue weighted by molar-refractivity contribution is 5.93. The van der Waals surface area contributed by atoms with Gasteiger partial charge >= 0.3 is 6.18 Å². The lowest BCUT2D eigenvalue weighted by Crippen LogP contribution is -2.20. The maximum atomic E-state index is 11.7. The SMILES string of the molecule is CN=C(C)C=C(N)C(F)(F)F. The van der Waals surface area contributed by atoms with E-state index in [9.17, 15) is 13.2 Å². The molecule has 0 atom stereocenters. The lowest BCUT2D eigenvalue weighted by atomic mass is 10.3. The highest BCUT2D eigenvalue weighted by Crippen LogP contribution is 2.20. The number of hydrogen-bond acceptors (Lipinski definition) is 2. The number of alkyl halides is 3. The molecule has 0 amide bonds. The number of nitrogens with two attached hydrogens (primary N) is 1. The Labute approximate surface area is 62.6 Å². The molecule has 0 heterocycles. The summed E-state index contributed by atoms with van der Waals surface area (Å²) >= 11 is 0. The van der Waals surface area contributed by atoms with Crippen molar-refractivity contribution in [2.24, 2.45) is 10.7 Å². The first-order valence-electron chi connectivity index (χ1n) is 2.85. The van der Waals surface area contributed by atoms with Gasteiger partial charge in [-0.15, -0.1) is 0 Å². The van der Waals surface area contributed by atoms with Crippen molar-refractivity contribution < 1.29 is 13.2 Å². The maximum absolute atomic E-state index is 11.7. The molecule has 2 nitrogen and oxygen atoms in total. The van der Waals surface area contributed by atoms with Gasteiger partial charge in [-0.1, -0.05) is 0 Å². The van der Waals surface area contributed by atoms with Crippen LogP contribution in [0.1, 0.15) is 6.92 Å². The van der Waals surface area contributed by atoms with E-state index in [0.29, 0.717) is 0 Å². The Bertz CT molecular complexity index is 190. The van der Waals surface area contributed by atoms with Gasteiger partial charge in [0.1, 0.15) is 5.70 Å². The highest BCUT2D eigenvalue weighted by Gasteiger charge is 2.31. The van der Waals surface area contributed by atoms with Crippen LogP contribution in [0, 0.1) is 0 Å². The molecule has 0 aliphatic carbocycles. The summed E-state index contributed by atoms with van der Waals surface area (Å²) in [5.74, 6) is 0. The Balaban J connectivity index is 4.48. The van der Waals surface area contributed by atoms with E-state index < -0.39 is 11.9 Å². The number of hydrogen-bond donors (Lipinski definition) is 1. The molecule has 0 saturated carbocycles. The van der Waals surface area contributed by atoms with Gasteiger partial charge in [-0.25, -0.2) is 0 Å². The zero-order valence-corrected chi connectivity index (χ0v) is 6.24. The van der Waals surface area contributed by atoms with E-state index in [-0.39, 0.29) is 5.71 Å². The zero-order chi connectivity index (χ0) is 9.07. The van der Waals surface area contributed by atoms with Gasteiger partial charge in [-0.3, -0.25) is 4.99 Å². The monoisotopic (exact) mass is 166 g/mol. The average molecular weight is 166 g/mol. The quantitative estimate of drug-likeness (QED) is 0.589. The standard InChI is InChI=1S/C6H9F3N2/c1-4(11-2)3-5(10)6(7,8)9/h3H,10H2,1-2H3. The number of halogens is 3. The molecule has 5 heteroatoms. The molecule has 0 aliphatic rings. The lowest BCUT2D eigenvalue weighted by molar-refractivity contribution is -0.0925. The van der Waals surface area contributed by atoms with Crippen LogP contribution in [-0.4, -0.2) is 18.9 Å². The summed E-state index contributed by atoms with van der Waals surface area (Å²) in [5.41, 5.74) is 3.81. The Morgan fingerprint density at radius 3 is 2.18 bits per heavy atom. The number of aliphatic imine (C=N–C) groups is 1. The molecule has 2 N–H and O–H groups in total.